The molecule has 3 unspecified atom stereocenters. The van der Waals surface area contributed by atoms with E-state index in [1.54, 1.807) is 7.11 Å². The van der Waals surface area contributed by atoms with Crippen LogP contribution in [0.3, 0.4) is 0 Å². The molecule has 1 aromatic carbocycles. The fourth-order valence-electron chi connectivity index (χ4n) is 4.10. The van der Waals surface area contributed by atoms with Gasteiger partial charge >= 0.3 is 0 Å². The number of methoxy groups -OCH3 is 1. The first-order valence-corrected chi connectivity index (χ1v) is 8.75. The molecule has 0 saturated heterocycles. The van der Waals surface area contributed by atoms with Crippen molar-refractivity contribution in [2.75, 3.05) is 7.11 Å². The predicted octanol–water partition coefficient (Wildman–Crippen LogP) is 5.34. The largest absolute Gasteiger partial charge is 0.493 e. The van der Waals surface area contributed by atoms with Gasteiger partial charge in [0.1, 0.15) is 6.10 Å². The first kappa shape index (κ1) is 16.2. The highest BCUT2D eigenvalue weighted by molar-refractivity contribution is 5.57. The van der Waals surface area contributed by atoms with Gasteiger partial charge in [-0.15, -0.1) is 0 Å². The van der Waals surface area contributed by atoms with Crippen molar-refractivity contribution in [2.24, 2.45) is 5.92 Å². The fourth-order valence-corrected chi connectivity index (χ4v) is 4.10. The molecular weight excluding hydrogens is 260 g/mol. The topological polar surface area (TPSA) is 18.5 Å². The minimum atomic E-state index is 0.430. The van der Waals surface area contributed by atoms with Crippen LogP contribution in [0.1, 0.15) is 70.4 Å². The van der Waals surface area contributed by atoms with Crippen LogP contribution in [0.4, 0.5) is 0 Å². The van der Waals surface area contributed by atoms with E-state index in [4.69, 9.17) is 9.47 Å². The van der Waals surface area contributed by atoms with Crippen molar-refractivity contribution in [3.63, 3.8) is 0 Å². The van der Waals surface area contributed by atoms with Crippen LogP contribution in [-0.4, -0.2) is 13.2 Å². The highest BCUT2D eigenvalue weighted by atomic mass is 16.5. The Morgan fingerprint density at radius 1 is 1.05 bits per heavy atom. The highest BCUT2D eigenvalue weighted by Gasteiger charge is 2.46. The zero-order valence-electron chi connectivity index (χ0n) is 14.2. The molecule has 1 heterocycles. The molecule has 0 amide bonds. The molecule has 0 spiro atoms. The van der Waals surface area contributed by atoms with E-state index in [9.17, 15) is 0 Å². The number of rotatable bonds is 1. The van der Waals surface area contributed by atoms with Crippen LogP contribution in [0.2, 0.25) is 0 Å². The molecule has 1 aromatic rings. The van der Waals surface area contributed by atoms with Gasteiger partial charge in [-0.1, -0.05) is 33.8 Å². The monoisotopic (exact) mass is 290 g/mol. The quantitative estimate of drug-likeness (QED) is 0.695. The maximum Gasteiger partial charge on any atom is 0.165 e. The minimum absolute atomic E-state index is 0.430. The smallest absolute Gasteiger partial charge is 0.165 e. The summed E-state index contributed by atoms with van der Waals surface area (Å²) in [6, 6.07) is 4.32. The van der Waals surface area contributed by atoms with Gasteiger partial charge in [-0.2, -0.15) is 0 Å². The van der Waals surface area contributed by atoms with Gasteiger partial charge in [-0.05, 0) is 49.7 Å². The van der Waals surface area contributed by atoms with Crippen LogP contribution in [-0.2, 0) is 6.42 Å². The number of aryl methyl sites for hydroxylation is 1. The van der Waals surface area contributed by atoms with E-state index in [0.717, 1.165) is 17.4 Å². The zero-order chi connectivity index (χ0) is 15.4. The Kier molecular flexibility index (Phi) is 5.55. The first-order valence-electron chi connectivity index (χ1n) is 8.75. The lowest BCUT2D eigenvalue weighted by Gasteiger charge is -2.36. The second-order valence-electron chi connectivity index (χ2n) is 5.58. The second-order valence-corrected chi connectivity index (χ2v) is 5.58. The Hall–Kier alpha value is -1.18. The summed E-state index contributed by atoms with van der Waals surface area (Å²) in [7, 11) is 1.74. The van der Waals surface area contributed by atoms with Gasteiger partial charge in [0, 0.05) is 11.5 Å². The standard InChI is InChI=1S/C15H18O2.2C2H6/c1-16-12-8-7-10-6-5-9-3-2-4-11-13(9)14(10)15(12)17-11;2*1-2/h7-9,11,13H,2-6H2,1H3;2*1-2H3. The number of hydrogen-bond acceptors (Lipinski definition) is 2. The van der Waals surface area contributed by atoms with Crippen molar-refractivity contribution in [1.29, 1.82) is 0 Å². The molecule has 0 bridgehead atoms. The summed E-state index contributed by atoms with van der Waals surface area (Å²) in [5, 5.41) is 0. The molecule has 3 aliphatic rings. The second kappa shape index (κ2) is 7.20. The third-order valence-electron chi connectivity index (χ3n) is 4.83. The van der Waals surface area contributed by atoms with Gasteiger partial charge < -0.3 is 9.47 Å². The van der Waals surface area contributed by atoms with Gasteiger partial charge in [0.05, 0.1) is 7.11 Å². The van der Waals surface area contributed by atoms with Crippen LogP contribution in [0.25, 0.3) is 0 Å². The van der Waals surface area contributed by atoms with Crippen LogP contribution >= 0.6 is 0 Å². The van der Waals surface area contributed by atoms with E-state index in [1.807, 2.05) is 27.7 Å². The Balaban J connectivity index is 0.000000374. The molecule has 2 aliphatic carbocycles. The van der Waals surface area contributed by atoms with E-state index in [0.29, 0.717) is 12.0 Å². The van der Waals surface area contributed by atoms with Crippen LogP contribution in [0.5, 0.6) is 11.5 Å². The van der Waals surface area contributed by atoms with Crippen molar-refractivity contribution < 1.29 is 9.47 Å². The molecule has 0 aromatic heterocycles. The Morgan fingerprint density at radius 2 is 1.81 bits per heavy atom. The third-order valence-corrected chi connectivity index (χ3v) is 4.83. The van der Waals surface area contributed by atoms with Crippen LogP contribution in [0.15, 0.2) is 12.1 Å². The number of ether oxygens (including phenoxy) is 2. The summed E-state index contributed by atoms with van der Waals surface area (Å²) < 4.78 is 11.7. The summed E-state index contributed by atoms with van der Waals surface area (Å²) in [5.41, 5.74) is 3.00. The van der Waals surface area contributed by atoms with Gasteiger partial charge in [0.15, 0.2) is 11.5 Å². The van der Waals surface area contributed by atoms with Gasteiger partial charge in [-0.25, -0.2) is 0 Å². The molecular formula is C19H30O2. The third kappa shape index (κ3) is 2.65. The maximum absolute atomic E-state index is 6.20. The van der Waals surface area contributed by atoms with Crippen molar-refractivity contribution in [3.05, 3.63) is 23.3 Å². The van der Waals surface area contributed by atoms with E-state index < -0.39 is 0 Å². The van der Waals surface area contributed by atoms with Crippen molar-refractivity contribution >= 4 is 0 Å². The molecule has 1 fully saturated rings. The molecule has 1 saturated carbocycles. The van der Waals surface area contributed by atoms with E-state index in [-0.39, 0.29) is 0 Å². The van der Waals surface area contributed by atoms with Crippen LogP contribution in [0, 0.1) is 5.92 Å². The fraction of sp³-hybridized carbons (Fsp3) is 0.684. The summed E-state index contributed by atoms with van der Waals surface area (Å²) in [6.45, 7) is 8.00. The summed E-state index contributed by atoms with van der Waals surface area (Å²) in [4.78, 5) is 0. The van der Waals surface area contributed by atoms with Gasteiger partial charge in [0.2, 0.25) is 0 Å². The zero-order valence-corrected chi connectivity index (χ0v) is 14.2. The molecule has 2 heteroatoms. The van der Waals surface area contributed by atoms with Gasteiger partial charge in [0.25, 0.3) is 0 Å². The number of benzene rings is 1. The lowest BCUT2D eigenvalue weighted by molar-refractivity contribution is 0.118. The molecule has 0 N–H and O–H groups in total. The van der Waals surface area contributed by atoms with Crippen molar-refractivity contribution in [2.45, 2.75) is 71.8 Å². The summed E-state index contributed by atoms with van der Waals surface area (Å²) >= 11 is 0. The van der Waals surface area contributed by atoms with E-state index in [1.165, 1.54) is 43.2 Å². The highest BCUT2D eigenvalue weighted by Crippen LogP contribution is 2.56. The average molecular weight is 290 g/mol. The molecule has 2 nitrogen and oxygen atoms in total. The first-order chi connectivity index (χ1) is 10.4. The average Bonchev–Trinajstić information content (AvgIpc) is 2.97. The lowest BCUT2D eigenvalue weighted by Crippen LogP contribution is -2.32. The maximum atomic E-state index is 6.20. The normalized spacial score (nSPS) is 27.2. The molecule has 118 valence electrons. The Morgan fingerprint density at radius 3 is 2.52 bits per heavy atom. The summed E-state index contributed by atoms with van der Waals surface area (Å²) in [5.74, 6) is 3.51. The molecule has 1 aliphatic heterocycles. The Labute approximate surface area is 129 Å². The molecule has 3 atom stereocenters. The lowest BCUT2D eigenvalue weighted by atomic mass is 9.68. The van der Waals surface area contributed by atoms with Gasteiger partial charge in [-0.3, -0.25) is 0 Å². The Bertz CT molecular complexity index is 467. The summed E-state index contributed by atoms with van der Waals surface area (Å²) in [6.07, 6.45) is 6.95. The SMILES string of the molecule is CC.CC.COc1ccc2c3c1OC1CCCC(CC2)C31. The van der Waals surface area contributed by atoms with E-state index >= 15 is 0 Å². The molecule has 4 rings (SSSR count). The predicted molar refractivity (Wildman–Crippen MR) is 88.5 cm³/mol. The molecule has 21 heavy (non-hydrogen) atoms. The van der Waals surface area contributed by atoms with E-state index in [2.05, 4.69) is 12.1 Å². The van der Waals surface area contributed by atoms with Crippen LogP contribution < -0.4 is 9.47 Å². The van der Waals surface area contributed by atoms with Crippen molar-refractivity contribution in [3.8, 4) is 11.5 Å². The number of hydrogen-bond donors (Lipinski definition) is 0. The van der Waals surface area contributed by atoms with Crippen molar-refractivity contribution in [1.82, 2.24) is 0 Å². The molecule has 0 radical (unpaired) electrons. The minimum Gasteiger partial charge on any atom is -0.493 e.